The second kappa shape index (κ2) is 10.0. The van der Waals surface area contributed by atoms with Gasteiger partial charge in [-0.3, -0.25) is 4.79 Å². The maximum absolute atomic E-state index is 12.7. The Morgan fingerprint density at radius 1 is 0.968 bits per heavy atom. The lowest BCUT2D eigenvalue weighted by Crippen LogP contribution is -2.52. The van der Waals surface area contributed by atoms with Gasteiger partial charge in [-0.25, -0.2) is 13.2 Å². The molecule has 1 saturated heterocycles. The smallest absolute Gasteiger partial charge is 0.338 e. The average molecular weight is 447 g/mol. The van der Waals surface area contributed by atoms with Crippen molar-refractivity contribution in [2.75, 3.05) is 33.3 Å². The molecule has 1 heterocycles. The van der Waals surface area contributed by atoms with Gasteiger partial charge in [0.15, 0.2) is 6.10 Å². The van der Waals surface area contributed by atoms with Crippen molar-refractivity contribution in [3.8, 4) is 0 Å². The van der Waals surface area contributed by atoms with Gasteiger partial charge in [0.25, 0.3) is 5.91 Å². The summed E-state index contributed by atoms with van der Waals surface area (Å²) < 4.78 is 37.1. The molecule has 0 radical (unpaired) electrons. The first kappa shape index (κ1) is 22.9. The van der Waals surface area contributed by atoms with Crippen LogP contribution >= 0.6 is 0 Å². The van der Waals surface area contributed by atoms with E-state index in [1.165, 1.54) is 16.1 Å². The van der Waals surface area contributed by atoms with Gasteiger partial charge in [0.2, 0.25) is 10.0 Å². The van der Waals surface area contributed by atoms with E-state index >= 15 is 0 Å². The third-order valence-electron chi connectivity index (χ3n) is 5.06. The van der Waals surface area contributed by atoms with Crippen LogP contribution in [0, 0.1) is 0 Å². The monoisotopic (exact) mass is 446 g/mol. The van der Waals surface area contributed by atoms with Gasteiger partial charge >= 0.3 is 5.97 Å². The van der Waals surface area contributed by atoms with Crippen LogP contribution in [0.1, 0.15) is 22.8 Å². The molecule has 31 heavy (non-hydrogen) atoms. The number of amides is 1. The molecule has 0 aromatic heterocycles. The SMILES string of the molecule is COCc1ccc(C(=O)OC(C)C(=O)N2CCN(S(=O)(=O)c3ccccc3)CC2)cc1. The van der Waals surface area contributed by atoms with Crippen LogP contribution in [0.15, 0.2) is 59.5 Å². The molecule has 9 heteroatoms. The van der Waals surface area contributed by atoms with Crippen molar-refractivity contribution in [1.29, 1.82) is 0 Å². The Bertz CT molecular complexity index is 1000. The van der Waals surface area contributed by atoms with E-state index in [9.17, 15) is 18.0 Å². The Hall–Kier alpha value is -2.75. The van der Waals surface area contributed by atoms with Crippen molar-refractivity contribution in [3.05, 3.63) is 65.7 Å². The Labute approximate surface area is 182 Å². The quantitative estimate of drug-likeness (QED) is 0.603. The normalized spacial score (nSPS) is 16.0. The van der Waals surface area contributed by atoms with Crippen LogP contribution in [0.5, 0.6) is 0 Å². The number of rotatable bonds is 7. The average Bonchev–Trinajstić information content (AvgIpc) is 2.80. The van der Waals surface area contributed by atoms with Gasteiger partial charge in [0, 0.05) is 33.3 Å². The molecule has 0 aliphatic carbocycles. The highest BCUT2D eigenvalue weighted by molar-refractivity contribution is 7.89. The van der Waals surface area contributed by atoms with E-state index in [-0.39, 0.29) is 37.0 Å². The zero-order valence-corrected chi connectivity index (χ0v) is 18.4. The minimum absolute atomic E-state index is 0.185. The third kappa shape index (κ3) is 5.49. The number of esters is 1. The fraction of sp³-hybridized carbons (Fsp3) is 0.364. The number of carbonyl (C=O) groups excluding carboxylic acids is 2. The summed E-state index contributed by atoms with van der Waals surface area (Å²) in [5.74, 6) is -0.934. The largest absolute Gasteiger partial charge is 0.449 e. The van der Waals surface area contributed by atoms with Gasteiger partial charge in [-0.1, -0.05) is 30.3 Å². The van der Waals surface area contributed by atoms with Gasteiger partial charge in [-0.15, -0.1) is 0 Å². The van der Waals surface area contributed by atoms with E-state index in [1.807, 2.05) is 0 Å². The number of nitrogens with zero attached hydrogens (tertiary/aromatic N) is 2. The topological polar surface area (TPSA) is 93.2 Å². The Balaban J connectivity index is 1.54. The molecular weight excluding hydrogens is 420 g/mol. The minimum Gasteiger partial charge on any atom is -0.449 e. The molecule has 0 saturated carbocycles. The van der Waals surface area contributed by atoms with Crippen molar-refractivity contribution in [3.63, 3.8) is 0 Å². The summed E-state index contributed by atoms with van der Waals surface area (Å²) in [7, 11) is -2.00. The van der Waals surface area contributed by atoms with Crippen LogP contribution in [-0.4, -0.2) is 68.9 Å². The minimum atomic E-state index is -3.59. The number of sulfonamides is 1. The van der Waals surface area contributed by atoms with E-state index in [2.05, 4.69) is 0 Å². The molecule has 0 bridgehead atoms. The molecule has 0 N–H and O–H groups in total. The number of benzene rings is 2. The zero-order chi connectivity index (χ0) is 22.4. The molecule has 3 rings (SSSR count). The summed E-state index contributed by atoms with van der Waals surface area (Å²) in [6, 6.07) is 15.0. The molecule has 0 spiro atoms. The van der Waals surface area contributed by atoms with Crippen LogP contribution < -0.4 is 0 Å². The summed E-state index contributed by atoms with van der Waals surface area (Å²) in [6.07, 6.45) is -0.969. The summed E-state index contributed by atoms with van der Waals surface area (Å²) >= 11 is 0. The van der Waals surface area contributed by atoms with Gasteiger partial charge in [0.05, 0.1) is 17.1 Å². The number of ether oxygens (including phenoxy) is 2. The highest BCUT2D eigenvalue weighted by atomic mass is 32.2. The maximum atomic E-state index is 12.7. The van der Waals surface area contributed by atoms with Crippen molar-refractivity contribution >= 4 is 21.9 Å². The predicted molar refractivity (Wildman–Crippen MR) is 114 cm³/mol. The molecule has 1 aliphatic heterocycles. The van der Waals surface area contributed by atoms with Crippen LogP contribution in [0.3, 0.4) is 0 Å². The fourth-order valence-electron chi connectivity index (χ4n) is 3.33. The first-order chi connectivity index (χ1) is 14.8. The second-order valence-corrected chi connectivity index (χ2v) is 9.16. The molecule has 1 aliphatic rings. The third-order valence-corrected chi connectivity index (χ3v) is 6.98. The Morgan fingerprint density at radius 3 is 2.16 bits per heavy atom. The maximum Gasteiger partial charge on any atom is 0.338 e. The number of piperazine rings is 1. The number of methoxy groups -OCH3 is 1. The van der Waals surface area contributed by atoms with E-state index in [0.717, 1.165) is 5.56 Å². The lowest BCUT2D eigenvalue weighted by molar-refractivity contribution is -0.141. The van der Waals surface area contributed by atoms with E-state index < -0.39 is 22.1 Å². The van der Waals surface area contributed by atoms with Crippen LogP contribution in [0.4, 0.5) is 0 Å². The summed E-state index contributed by atoms with van der Waals surface area (Å²) in [5, 5.41) is 0. The molecular formula is C22H26N2O6S. The van der Waals surface area contributed by atoms with Crippen LogP contribution in [0.25, 0.3) is 0 Å². The van der Waals surface area contributed by atoms with Crippen molar-refractivity contribution in [2.45, 2.75) is 24.5 Å². The van der Waals surface area contributed by atoms with Crippen LogP contribution in [0.2, 0.25) is 0 Å². The molecule has 1 atom stereocenters. The molecule has 1 amide bonds. The van der Waals surface area contributed by atoms with Crippen LogP contribution in [-0.2, 0) is 30.9 Å². The van der Waals surface area contributed by atoms with Gasteiger partial charge in [0.1, 0.15) is 0 Å². The van der Waals surface area contributed by atoms with Gasteiger partial charge in [-0.05, 0) is 36.8 Å². The van der Waals surface area contributed by atoms with Gasteiger partial charge < -0.3 is 14.4 Å². The molecule has 1 fully saturated rings. The summed E-state index contributed by atoms with van der Waals surface area (Å²) in [4.78, 5) is 26.8. The van der Waals surface area contributed by atoms with E-state index in [1.54, 1.807) is 61.7 Å². The lowest BCUT2D eigenvalue weighted by Gasteiger charge is -2.35. The highest BCUT2D eigenvalue weighted by Crippen LogP contribution is 2.18. The summed E-state index contributed by atoms with van der Waals surface area (Å²) in [5.41, 5.74) is 1.27. The van der Waals surface area contributed by atoms with Gasteiger partial charge in [-0.2, -0.15) is 4.31 Å². The van der Waals surface area contributed by atoms with Crippen molar-refractivity contribution in [1.82, 2.24) is 9.21 Å². The summed E-state index contributed by atoms with van der Waals surface area (Å²) in [6.45, 7) is 2.80. The Morgan fingerprint density at radius 2 is 1.58 bits per heavy atom. The molecule has 2 aromatic carbocycles. The highest BCUT2D eigenvalue weighted by Gasteiger charge is 2.32. The van der Waals surface area contributed by atoms with Crippen molar-refractivity contribution in [2.24, 2.45) is 0 Å². The number of hydrogen-bond donors (Lipinski definition) is 0. The van der Waals surface area contributed by atoms with E-state index in [4.69, 9.17) is 9.47 Å². The molecule has 166 valence electrons. The Kier molecular flexibility index (Phi) is 7.42. The van der Waals surface area contributed by atoms with Crippen molar-refractivity contribution < 1.29 is 27.5 Å². The molecule has 8 nitrogen and oxygen atoms in total. The molecule has 1 unspecified atom stereocenters. The number of carbonyl (C=O) groups is 2. The number of hydrogen-bond acceptors (Lipinski definition) is 6. The first-order valence-electron chi connectivity index (χ1n) is 9.96. The second-order valence-electron chi connectivity index (χ2n) is 7.22. The zero-order valence-electron chi connectivity index (χ0n) is 17.6. The molecule has 2 aromatic rings. The van der Waals surface area contributed by atoms with E-state index in [0.29, 0.717) is 12.2 Å². The lowest BCUT2D eigenvalue weighted by atomic mass is 10.1. The predicted octanol–water partition coefficient (Wildman–Crippen LogP) is 1.91. The first-order valence-corrected chi connectivity index (χ1v) is 11.4. The standard InChI is InChI=1S/C22H26N2O6S/c1-17(30-22(26)19-10-8-18(9-11-19)16-29-2)21(25)23-12-14-24(15-13-23)31(27,28)20-6-4-3-5-7-20/h3-11,17H,12-16H2,1-2H3. The fourth-order valence-corrected chi connectivity index (χ4v) is 4.77.